The molecule has 0 saturated carbocycles. The number of aromatic nitrogens is 2. The van der Waals surface area contributed by atoms with Crippen molar-refractivity contribution in [1.82, 2.24) is 15.5 Å². The van der Waals surface area contributed by atoms with Crippen LogP contribution in [0.3, 0.4) is 0 Å². The van der Waals surface area contributed by atoms with Gasteiger partial charge in [-0.15, -0.1) is 11.8 Å². The third kappa shape index (κ3) is 3.41. The lowest BCUT2D eigenvalue weighted by atomic mass is 10.2. The maximum atomic E-state index is 5.33. The van der Waals surface area contributed by atoms with Gasteiger partial charge in [0, 0.05) is 17.4 Å². The fraction of sp³-hybridized carbons (Fsp3) is 0.467. The van der Waals surface area contributed by atoms with E-state index in [0.717, 1.165) is 30.4 Å². The van der Waals surface area contributed by atoms with E-state index in [0.29, 0.717) is 6.04 Å². The van der Waals surface area contributed by atoms with Crippen molar-refractivity contribution in [3.63, 3.8) is 0 Å². The molecule has 3 rings (SSSR count). The molecular formula is C15H19N3OS. The van der Waals surface area contributed by atoms with Gasteiger partial charge < -0.3 is 9.84 Å². The number of hydrogen-bond acceptors (Lipinski definition) is 5. The van der Waals surface area contributed by atoms with E-state index in [1.165, 1.54) is 23.3 Å². The molecule has 1 N–H and O–H groups in total. The van der Waals surface area contributed by atoms with E-state index in [9.17, 15) is 0 Å². The van der Waals surface area contributed by atoms with E-state index in [1.54, 1.807) is 11.8 Å². The Labute approximate surface area is 123 Å². The molecule has 0 bridgehead atoms. The monoisotopic (exact) mass is 289 g/mol. The molecule has 0 spiro atoms. The molecule has 2 aromatic rings. The highest BCUT2D eigenvalue weighted by molar-refractivity contribution is 7.98. The van der Waals surface area contributed by atoms with Gasteiger partial charge in [-0.3, -0.25) is 0 Å². The van der Waals surface area contributed by atoms with Gasteiger partial charge in [-0.05, 0) is 37.9 Å². The summed E-state index contributed by atoms with van der Waals surface area (Å²) < 4.78 is 5.33. The molecule has 4 nitrogen and oxygen atoms in total. The van der Waals surface area contributed by atoms with E-state index in [2.05, 4.69) is 46.6 Å². The first-order valence-electron chi connectivity index (χ1n) is 7.04. The molecule has 0 amide bonds. The van der Waals surface area contributed by atoms with Crippen LogP contribution in [-0.2, 0) is 12.2 Å². The first-order chi connectivity index (χ1) is 9.81. The number of rotatable bonds is 5. The van der Waals surface area contributed by atoms with Crippen LogP contribution in [0.1, 0.15) is 30.1 Å². The summed E-state index contributed by atoms with van der Waals surface area (Å²) in [6.45, 7) is 3.23. The second-order valence-corrected chi connectivity index (χ2v) is 6.17. The minimum Gasteiger partial charge on any atom is -0.339 e. The average molecular weight is 289 g/mol. The molecule has 1 saturated heterocycles. The molecule has 1 aromatic heterocycles. The summed E-state index contributed by atoms with van der Waals surface area (Å²) in [6.07, 6.45) is 3.30. The lowest BCUT2D eigenvalue weighted by Gasteiger charge is -2.04. The summed E-state index contributed by atoms with van der Waals surface area (Å²) in [5.41, 5.74) is 1.29. The fourth-order valence-corrected chi connectivity index (χ4v) is 3.31. The first-order valence-corrected chi connectivity index (χ1v) is 8.03. The minimum atomic E-state index is 0.507. The van der Waals surface area contributed by atoms with Gasteiger partial charge in [0.1, 0.15) is 0 Å². The SMILES string of the molecule is Cc1ccccc1SCc1noc(CC2CCCN2)n1. The van der Waals surface area contributed by atoms with Crippen LogP contribution in [0.2, 0.25) is 0 Å². The number of benzene rings is 1. The van der Waals surface area contributed by atoms with Crippen molar-refractivity contribution in [2.24, 2.45) is 0 Å². The van der Waals surface area contributed by atoms with E-state index >= 15 is 0 Å². The average Bonchev–Trinajstić information content (AvgIpc) is 3.10. The molecule has 1 fully saturated rings. The third-order valence-electron chi connectivity index (χ3n) is 3.54. The third-order valence-corrected chi connectivity index (χ3v) is 4.72. The van der Waals surface area contributed by atoms with Gasteiger partial charge in [-0.1, -0.05) is 23.4 Å². The van der Waals surface area contributed by atoms with Gasteiger partial charge in [0.2, 0.25) is 5.89 Å². The first kappa shape index (κ1) is 13.6. The second-order valence-electron chi connectivity index (χ2n) is 5.16. The normalized spacial score (nSPS) is 18.6. The maximum Gasteiger partial charge on any atom is 0.228 e. The summed E-state index contributed by atoms with van der Waals surface area (Å²) in [5.74, 6) is 2.29. The summed E-state index contributed by atoms with van der Waals surface area (Å²) in [7, 11) is 0. The molecule has 1 atom stereocenters. The van der Waals surface area contributed by atoms with Gasteiger partial charge in [-0.2, -0.15) is 4.98 Å². The highest BCUT2D eigenvalue weighted by atomic mass is 32.2. The van der Waals surface area contributed by atoms with Gasteiger partial charge in [0.05, 0.1) is 5.75 Å². The van der Waals surface area contributed by atoms with Crippen molar-refractivity contribution < 1.29 is 4.52 Å². The highest BCUT2D eigenvalue weighted by Gasteiger charge is 2.18. The van der Waals surface area contributed by atoms with Crippen LogP contribution in [0.5, 0.6) is 0 Å². The Balaban J connectivity index is 1.56. The predicted octanol–water partition coefficient (Wildman–Crippen LogP) is 2.96. The van der Waals surface area contributed by atoms with Gasteiger partial charge in [0.15, 0.2) is 5.82 Å². The Morgan fingerprint density at radius 3 is 3.10 bits per heavy atom. The standard InChI is InChI=1S/C15H19N3OS/c1-11-5-2-3-7-13(11)20-10-14-17-15(19-18-14)9-12-6-4-8-16-12/h2-3,5,7,12,16H,4,6,8-10H2,1H3. The van der Waals surface area contributed by atoms with Gasteiger partial charge in [-0.25, -0.2) is 0 Å². The van der Waals surface area contributed by atoms with Crippen molar-refractivity contribution in [3.8, 4) is 0 Å². The molecule has 5 heteroatoms. The van der Waals surface area contributed by atoms with Crippen LogP contribution in [0.4, 0.5) is 0 Å². The highest BCUT2D eigenvalue weighted by Crippen LogP contribution is 2.24. The Bertz CT molecular complexity index is 564. The van der Waals surface area contributed by atoms with Crippen LogP contribution in [-0.4, -0.2) is 22.7 Å². The van der Waals surface area contributed by atoms with Crippen LogP contribution in [0.25, 0.3) is 0 Å². The van der Waals surface area contributed by atoms with Crippen molar-refractivity contribution >= 4 is 11.8 Å². The van der Waals surface area contributed by atoms with Crippen LogP contribution < -0.4 is 5.32 Å². The van der Waals surface area contributed by atoms with Gasteiger partial charge in [0.25, 0.3) is 0 Å². The molecule has 106 valence electrons. The van der Waals surface area contributed by atoms with E-state index in [-0.39, 0.29) is 0 Å². The molecule has 1 unspecified atom stereocenters. The largest absolute Gasteiger partial charge is 0.339 e. The summed E-state index contributed by atoms with van der Waals surface area (Å²) in [5, 5.41) is 7.51. The second kappa shape index (κ2) is 6.41. The molecular weight excluding hydrogens is 270 g/mol. The maximum absolute atomic E-state index is 5.33. The number of nitrogens with zero attached hydrogens (tertiary/aromatic N) is 2. The zero-order valence-corrected chi connectivity index (χ0v) is 12.4. The van der Waals surface area contributed by atoms with Crippen LogP contribution >= 0.6 is 11.8 Å². The predicted molar refractivity (Wildman–Crippen MR) is 79.8 cm³/mol. The minimum absolute atomic E-state index is 0.507. The van der Waals surface area contributed by atoms with E-state index in [1.807, 2.05) is 0 Å². The Morgan fingerprint density at radius 2 is 2.30 bits per heavy atom. The Morgan fingerprint density at radius 1 is 1.40 bits per heavy atom. The van der Waals surface area contributed by atoms with E-state index < -0.39 is 0 Å². The molecule has 20 heavy (non-hydrogen) atoms. The molecule has 0 aliphatic carbocycles. The Kier molecular flexibility index (Phi) is 4.38. The zero-order valence-electron chi connectivity index (χ0n) is 11.6. The number of thioether (sulfide) groups is 1. The van der Waals surface area contributed by atoms with Crippen LogP contribution in [0.15, 0.2) is 33.7 Å². The zero-order chi connectivity index (χ0) is 13.8. The summed E-state index contributed by atoms with van der Waals surface area (Å²) in [4.78, 5) is 5.75. The molecule has 1 aliphatic heterocycles. The smallest absolute Gasteiger partial charge is 0.228 e. The summed E-state index contributed by atoms with van der Waals surface area (Å²) in [6, 6.07) is 8.87. The molecule has 0 radical (unpaired) electrons. The van der Waals surface area contributed by atoms with E-state index in [4.69, 9.17) is 4.52 Å². The van der Waals surface area contributed by atoms with Crippen molar-refractivity contribution in [2.45, 2.75) is 42.9 Å². The van der Waals surface area contributed by atoms with Crippen molar-refractivity contribution in [2.75, 3.05) is 6.54 Å². The quantitative estimate of drug-likeness (QED) is 0.858. The number of hydrogen-bond donors (Lipinski definition) is 1. The molecule has 1 aliphatic rings. The Hall–Kier alpha value is -1.33. The lowest BCUT2D eigenvalue weighted by molar-refractivity contribution is 0.361. The lowest BCUT2D eigenvalue weighted by Crippen LogP contribution is -2.23. The molecule has 2 heterocycles. The molecule has 1 aromatic carbocycles. The topological polar surface area (TPSA) is 51.0 Å². The van der Waals surface area contributed by atoms with Crippen molar-refractivity contribution in [1.29, 1.82) is 0 Å². The number of aryl methyl sites for hydroxylation is 1. The number of nitrogens with one attached hydrogen (secondary N) is 1. The van der Waals surface area contributed by atoms with Crippen LogP contribution in [0, 0.1) is 6.92 Å². The fourth-order valence-electron chi connectivity index (χ4n) is 2.43. The van der Waals surface area contributed by atoms with Gasteiger partial charge >= 0.3 is 0 Å². The van der Waals surface area contributed by atoms with Crippen molar-refractivity contribution in [3.05, 3.63) is 41.5 Å². The summed E-state index contributed by atoms with van der Waals surface area (Å²) >= 11 is 1.76.